The molecule has 0 radical (unpaired) electrons. The maximum absolute atomic E-state index is 11.5. The first-order valence-electron chi connectivity index (χ1n) is 5.39. The molecule has 1 atom stereocenters. The summed E-state index contributed by atoms with van der Waals surface area (Å²) in [4.78, 5) is 11.5. The second-order valence-corrected chi connectivity index (χ2v) is 5.59. The molecular weight excluding hydrogens is 304 g/mol. The van der Waals surface area contributed by atoms with Crippen molar-refractivity contribution < 1.29 is 4.79 Å². The van der Waals surface area contributed by atoms with Crippen LogP contribution >= 0.6 is 27.5 Å². The van der Waals surface area contributed by atoms with Gasteiger partial charge in [0.25, 0.3) is 0 Å². The van der Waals surface area contributed by atoms with Crippen LogP contribution < -0.4 is 11.1 Å². The molecular formula is C12H16BrClN2O. The Labute approximate surface area is 115 Å². The Bertz CT molecular complexity index is 409. The van der Waals surface area contributed by atoms with Gasteiger partial charge in [-0.1, -0.05) is 47.4 Å². The number of halogens is 2. The van der Waals surface area contributed by atoms with Crippen LogP contribution in [0.2, 0.25) is 5.02 Å². The molecule has 94 valence electrons. The summed E-state index contributed by atoms with van der Waals surface area (Å²) in [5.74, 6) is 0.0524. The zero-order chi connectivity index (χ0) is 13.0. The molecule has 1 unspecified atom stereocenters. The van der Waals surface area contributed by atoms with Gasteiger partial charge >= 0.3 is 0 Å². The normalized spacial score (nSPS) is 12.8. The summed E-state index contributed by atoms with van der Waals surface area (Å²) in [5.41, 5.74) is 6.21. The Kier molecular flexibility index (Phi) is 5.43. The van der Waals surface area contributed by atoms with Crippen molar-refractivity contribution in [2.75, 3.05) is 6.54 Å². The second kappa shape index (κ2) is 6.38. The molecule has 1 aromatic carbocycles. The lowest BCUT2D eigenvalue weighted by Gasteiger charge is -2.18. The predicted molar refractivity (Wildman–Crippen MR) is 73.9 cm³/mol. The van der Waals surface area contributed by atoms with E-state index in [9.17, 15) is 4.79 Å². The molecule has 1 amide bonds. The van der Waals surface area contributed by atoms with Crippen LogP contribution in [-0.2, 0) is 4.79 Å². The first-order chi connectivity index (χ1) is 7.91. The molecule has 3 nitrogen and oxygen atoms in total. The standard InChI is InChI=1S/C12H16BrClN2O/c1-7(2)6-16-11(12(15)17)9-4-3-8(14)5-10(9)13/h3-5,7,11,16H,6H2,1-2H3,(H2,15,17). The van der Waals surface area contributed by atoms with Crippen LogP contribution in [0.15, 0.2) is 22.7 Å². The Hall–Kier alpha value is -0.580. The van der Waals surface area contributed by atoms with Gasteiger partial charge in [0.05, 0.1) is 0 Å². The summed E-state index contributed by atoms with van der Waals surface area (Å²) in [6.07, 6.45) is 0. The van der Waals surface area contributed by atoms with E-state index < -0.39 is 11.9 Å². The van der Waals surface area contributed by atoms with Crippen LogP contribution in [0, 0.1) is 5.92 Å². The van der Waals surface area contributed by atoms with Crippen molar-refractivity contribution in [1.82, 2.24) is 5.32 Å². The van der Waals surface area contributed by atoms with Crippen molar-refractivity contribution in [3.8, 4) is 0 Å². The number of carbonyl (C=O) groups excluding carboxylic acids is 1. The molecule has 0 heterocycles. The van der Waals surface area contributed by atoms with Crippen LogP contribution in [-0.4, -0.2) is 12.5 Å². The molecule has 1 rings (SSSR count). The number of hydrogen-bond acceptors (Lipinski definition) is 2. The van der Waals surface area contributed by atoms with Crippen LogP contribution in [0.4, 0.5) is 0 Å². The van der Waals surface area contributed by atoms with E-state index in [4.69, 9.17) is 17.3 Å². The van der Waals surface area contributed by atoms with Gasteiger partial charge in [-0.3, -0.25) is 4.79 Å². The molecule has 3 N–H and O–H groups in total. The highest BCUT2D eigenvalue weighted by atomic mass is 79.9. The third kappa shape index (κ3) is 4.30. The minimum atomic E-state index is -0.496. The van der Waals surface area contributed by atoms with E-state index in [1.165, 1.54) is 0 Å². The average Bonchev–Trinajstić information content (AvgIpc) is 2.20. The Morgan fingerprint density at radius 3 is 2.65 bits per heavy atom. The quantitative estimate of drug-likeness (QED) is 0.877. The van der Waals surface area contributed by atoms with E-state index in [1.54, 1.807) is 18.2 Å². The van der Waals surface area contributed by atoms with Crippen molar-refractivity contribution in [1.29, 1.82) is 0 Å². The van der Waals surface area contributed by atoms with Crippen molar-refractivity contribution in [3.05, 3.63) is 33.3 Å². The largest absolute Gasteiger partial charge is 0.368 e. The van der Waals surface area contributed by atoms with Gasteiger partial charge in [-0.15, -0.1) is 0 Å². The highest BCUT2D eigenvalue weighted by Gasteiger charge is 2.20. The van der Waals surface area contributed by atoms with Gasteiger partial charge in [-0.25, -0.2) is 0 Å². The van der Waals surface area contributed by atoms with Gasteiger partial charge in [0.1, 0.15) is 6.04 Å². The Morgan fingerprint density at radius 2 is 2.18 bits per heavy atom. The molecule has 0 fully saturated rings. The minimum Gasteiger partial charge on any atom is -0.368 e. The first kappa shape index (κ1) is 14.5. The van der Waals surface area contributed by atoms with E-state index in [1.807, 2.05) is 0 Å². The fourth-order valence-electron chi connectivity index (χ4n) is 1.45. The number of nitrogens with two attached hydrogens (primary N) is 1. The molecule has 0 aliphatic rings. The zero-order valence-electron chi connectivity index (χ0n) is 9.84. The third-order valence-corrected chi connectivity index (χ3v) is 3.21. The first-order valence-corrected chi connectivity index (χ1v) is 6.56. The van der Waals surface area contributed by atoms with Crippen molar-refractivity contribution in [2.24, 2.45) is 11.7 Å². The molecule has 5 heteroatoms. The Morgan fingerprint density at radius 1 is 1.53 bits per heavy atom. The number of benzene rings is 1. The monoisotopic (exact) mass is 318 g/mol. The lowest BCUT2D eigenvalue weighted by atomic mass is 10.1. The van der Waals surface area contributed by atoms with Gasteiger partial charge in [0, 0.05) is 9.50 Å². The molecule has 0 aliphatic heterocycles. The molecule has 0 aromatic heterocycles. The average molecular weight is 320 g/mol. The predicted octanol–water partition coefficient (Wildman–Crippen LogP) is 2.87. The summed E-state index contributed by atoms with van der Waals surface area (Å²) in [6.45, 7) is 4.87. The minimum absolute atomic E-state index is 0.395. The molecule has 0 aliphatic carbocycles. The number of hydrogen-bond donors (Lipinski definition) is 2. The van der Waals surface area contributed by atoms with E-state index in [0.717, 1.165) is 16.6 Å². The van der Waals surface area contributed by atoms with Crippen molar-refractivity contribution >= 4 is 33.4 Å². The molecule has 0 bridgehead atoms. The van der Waals surface area contributed by atoms with E-state index in [0.29, 0.717) is 10.9 Å². The lowest BCUT2D eigenvalue weighted by Crippen LogP contribution is -2.35. The van der Waals surface area contributed by atoms with Gasteiger partial charge in [-0.2, -0.15) is 0 Å². The molecule has 0 spiro atoms. The molecule has 0 saturated heterocycles. The van der Waals surface area contributed by atoms with Gasteiger partial charge in [-0.05, 0) is 30.2 Å². The molecule has 1 aromatic rings. The number of nitrogens with one attached hydrogen (secondary N) is 1. The van der Waals surface area contributed by atoms with E-state index in [-0.39, 0.29) is 0 Å². The Balaban J connectivity index is 2.93. The maximum Gasteiger partial charge on any atom is 0.239 e. The topological polar surface area (TPSA) is 55.1 Å². The summed E-state index contributed by atoms with van der Waals surface area (Å²) in [5, 5.41) is 3.77. The third-order valence-electron chi connectivity index (χ3n) is 2.29. The number of carbonyl (C=O) groups is 1. The smallest absolute Gasteiger partial charge is 0.239 e. The maximum atomic E-state index is 11.5. The number of rotatable bonds is 5. The summed E-state index contributed by atoms with van der Waals surface area (Å²) in [6, 6.07) is 4.80. The lowest BCUT2D eigenvalue weighted by molar-refractivity contribution is -0.120. The highest BCUT2D eigenvalue weighted by molar-refractivity contribution is 9.10. The fourth-order valence-corrected chi connectivity index (χ4v) is 2.36. The molecule has 17 heavy (non-hydrogen) atoms. The highest BCUT2D eigenvalue weighted by Crippen LogP contribution is 2.26. The summed E-state index contributed by atoms with van der Waals surface area (Å²) in [7, 11) is 0. The van der Waals surface area contributed by atoms with Crippen molar-refractivity contribution in [2.45, 2.75) is 19.9 Å². The molecule has 0 saturated carbocycles. The number of primary amides is 1. The number of amides is 1. The fraction of sp³-hybridized carbons (Fsp3) is 0.417. The SMILES string of the molecule is CC(C)CNC(C(N)=O)c1ccc(Cl)cc1Br. The van der Waals surface area contributed by atoms with Crippen molar-refractivity contribution in [3.63, 3.8) is 0 Å². The van der Waals surface area contributed by atoms with Gasteiger partial charge < -0.3 is 11.1 Å². The zero-order valence-corrected chi connectivity index (χ0v) is 12.2. The van der Waals surface area contributed by atoms with Gasteiger partial charge in [0.2, 0.25) is 5.91 Å². The summed E-state index contributed by atoms with van der Waals surface area (Å²) >= 11 is 9.25. The van der Waals surface area contributed by atoms with Crippen LogP contribution in [0.25, 0.3) is 0 Å². The van der Waals surface area contributed by atoms with Crippen LogP contribution in [0.1, 0.15) is 25.5 Å². The summed E-state index contributed by atoms with van der Waals surface area (Å²) < 4.78 is 0.782. The second-order valence-electron chi connectivity index (χ2n) is 4.30. The van der Waals surface area contributed by atoms with Crippen LogP contribution in [0.3, 0.4) is 0 Å². The van der Waals surface area contributed by atoms with Gasteiger partial charge in [0.15, 0.2) is 0 Å². The van der Waals surface area contributed by atoms with E-state index >= 15 is 0 Å². The van der Waals surface area contributed by atoms with Crippen LogP contribution in [0.5, 0.6) is 0 Å². The van der Waals surface area contributed by atoms with E-state index in [2.05, 4.69) is 35.1 Å².